The molecule has 194 valence electrons. The highest BCUT2D eigenvalue weighted by Crippen LogP contribution is 2.66. The summed E-state index contributed by atoms with van der Waals surface area (Å²) in [6.45, 7) is 1.81. The summed E-state index contributed by atoms with van der Waals surface area (Å²) in [4.78, 5) is 27.4. The first-order valence-electron chi connectivity index (χ1n) is 12.1. The largest absolute Gasteiger partial charge is 0.501 e. The monoisotopic (exact) mass is 492 g/mol. The van der Waals surface area contributed by atoms with Crippen molar-refractivity contribution in [1.82, 2.24) is 4.90 Å². The summed E-state index contributed by atoms with van der Waals surface area (Å²) < 4.78 is 16.5. The van der Waals surface area contributed by atoms with Crippen LogP contribution >= 0.6 is 0 Å². The van der Waals surface area contributed by atoms with E-state index in [0.29, 0.717) is 36.4 Å². The van der Waals surface area contributed by atoms with Gasteiger partial charge in [0.1, 0.15) is 17.7 Å². The van der Waals surface area contributed by atoms with E-state index < -0.39 is 35.6 Å². The van der Waals surface area contributed by atoms with Crippen molar-refractivity contribution in [3.05, 3.63) is 35.3 Å². The third-order valence-electron chi connectivity index (χ3n) is 8.52. The predicted molar refractivity (Wildman–Crippen MR) is 124 cm³/mol. The number of carbonyl (C=O) groups is 2. The Morgan fingerprint density at radius 2 is 2.09 bits per heavy atom. The van der Waals surface area contributed by atoms with Gasteiger partial charge in [-0.15, -0.1) is 0 Å². The van der Waals surface area contributed by atoms with E-state index in [9.17, 15) is 24.9 Å². The molecular weight excluding hydrogens is 456 g/mol. The highest BCUT2D eigenvalue weighted by atomic mass is 16.6. The number of carbonyl (C=O) groups excluding carboxylic acids is 2. The number of ether oxygens (including phenoxy) is 3. The van der Waals surface area contributed by atoms with Crippen LogP contribution in [0.15, 0.2) is 35.3 Å². The lowest BCUT2D eigenvalue weighted by atomic mass is 9.58. The lowest BCUT2D eigenvalue weighted by molar-refractivity contribution is -0.159. The SMILES string of the molecule is COC1=CC(C(=O)C[C@]23C(O)OC[C@@]2(C[C@H](O)N2C(=O)CC[C@H]2N)[C@@H](O)C[C@H]3C)=C(OC)C=CC1. The molecule has 10 heteroatoms. The summed E-state index contributed by atoms with van der Waals surface area (Å²) in [5.41, 5.74) is 4.00. The average molecular weight is 493 g/mol. The van der Waals surface area contributed by atoms with E-state index in [4.69, 9.17) is 19.9 Å². The van der Waals surface area contributed by atoms with Gasteiger partial charge >= 0.3 is 0 Å². The highest BCUT2D eigenvalue weighted by Gasteiger charge is 2.71. The van der Waals surface area contributed by atoms with Crippen molar-refractivity contribution in [2.75, 3.05) is 20.8 Å². The zero-order valence-electron chi connectivity index (χ0n) is 20.5. The summed E-state index contributed by atoms with van der Waals surface area (Å²) >= 11 is 0. The Morgan fingerprint density at radius 3 is 2.71 bits per heavy atom. The minimum Gasteiger partial charge on any atom is -0.501 e. The molecule has 0 aromatic heterocycles. The standard InChI is InChI=1S/C25H36N2O8/c1-14-9-19(29)24(12-22(31)27-20(26)7-8-21(27)30)13-35-23(32)25(14,24)11-17(28)16-10-15(33-2)5-4-6-18(16)34-3/h4,6,10,14,19-20,22-23,29,31-32H,5,7-9,11-13,26H2,1-3H3/t14-,19+,20+,22+,23?,24+,25+/m1/s1. The minimum absolute atomic E-state index is 0.0590. The fraction of sp³-hybridized carbons (Fsp3) is 0.680. The maximum atomic E-state index is 13.8. The molecule has 4 rings (SSSR count). The van der Waals surface area contributed by atoms with Crippen molar-refractivity contribution in [2.24, 2.45) is 22.5 Å². The number of ketones is 1. The van der Waals surface area contributed by atoms with Crippen LogP contribution in [-0.4, -0.2) is 77.5 Å². The van der Waals surface area contributed by atoms with Crippen molar-refractivity contribution in [1.29, 1.82) is 0 Å². The molecule has 0 aromatic rings. The zero-order chi connectivity index (χ0) is 25.5. The topological polar surface area (TPSA) is 152 Å². The Labute approximate surface area is 205 Å². The van der Waals surface area contributed by atoms with Crippen molar-refractivity contribution >= 4 is 11.7 Å². The van der Waals surface area contributed by atoms with Crippen LogP contribution in [0.2, 0.25) is 0 Å². The van der Waals surface area contributed by atoms with Crippen LogP contribution in [-0.2, 0) is 23.8 Å². The molecule has 1 amide bonds. The van der Waals surface area contributed by atoms with E-state index in [0.717, 1.165) is 0 Å². The first-order chi connectivity index (χ1) is 16.6. The maximum Gasteiger partial charge on any atom is 0.225 e. The van der Waals surface area contributed by atoms with Gasteiger partial charge in [-0.1, -0.05) is 13.0 Å². The normalized spacial score (nSPS) is 37.9. The summed E-state index contributed by atoms with van der Waals surface area (Å²) in [5.74, 6) is 0.0759. The van der Waals surface area contributed by atoms with Crippen molar-refractivity contribution < 1.29 is 39.1 Å². The Balaban J connectivity index is 1.72. The van der Waals surface area contributed by atoms with E-state index in [1.54, 1.807) is 12.2 Å². The molecular formula is C25H36N2O8. The van der Waals surface area contributed by atoms with Crippen LogP contribution in [0.5, 0.6) is 0 Å². The molecule has 35 heavy (non-hydrogen) atoms. The van der Waals surface area contributed by atoms with Gasteiger partial charge in [0.05, 0.1) is 38.7 Å². The molecule has 2 saturated heterocycles. The smallest absolute Gasteiger partial charge is 0.225 e. The van der Waals surface area contributed by atoms with Gasteiger partial charge in [0.2, 0.25) is 5.91 Å². The molecule has 7 atom stereocenters. The molecule has 0 spiro atoms. The minimum atomic E-state index is -1.34. The van der Waals surface area contributed by atoms with E-state index in [-0.39, 0.29) is 43.5 Å². The van der Waals surface area contributed by atoms with Crippen LogP contribution in [0.4, 0.5) is 0 Å². The number of methoxy groups -OCH3 is 2. The molecule has 2 heterocycles. The molecule has 0 bridgehead atoms. The first kappa shape index (κ1) is 25.8. The summed E-state index contributed by atoms with van der Waals surface area (Å²) in [5, 5.41) is 33.5. The number of rotatable bonds is 8. The van der Waals surface area contributed by atoms with Gasteiger partial charge in [0, 0.05) is 36.5 Å². The third kappa shape index (κ3) is 4.01. The lowest BCUT2D eigenvalue weighted by Gasteiger charge is -2.45. The number of aliphatic hydroxyl groups excluding tert-OH is 3. The maximum absolute atomic E-state index is 13.8. The second-order valence-corrected chi connectivity index (χ2v) is 10.1. The Kier molecular flexibility index (Phi) is 7.14. The molecule has 0 aromatic carbocycles. The summed E-state index contributed by atoms with van der Waals surface area (Å²) in [6, 6.07) is 0. The van der Waals surface area contributed by atoms with Gasteiger partial charge < -0.3 is 40.2 Å². The highest BCUT2D eigenvalue weighted by molar-refractivity contribution is 5.99. The quantitative estimate of drug-likeness (QED) is 0.383. The predicted octanol–water partition coefficient (Wildman–Crippen LogP) is 0.674. The number of hydrogen-bond donors (Lipinski definition) is 4. The third-order valence-corrected chi connectivity index (χ3v) is 8.52. The van der Waals surface area contributed by atoms with Crippen LogP contribution in [0.25, 0.3) is 0 Å². The molecule has 5 N–H and O–H groups in total. The molecule has 4 aliphatic rings. The number of likely N-dealkylation sites (tertiary alicyclic amines) is 1. The van der Waals surface area contributed by atoms with Crippen LogP contribution in [0.3, 0.4) is 0 Å². The van der Waals surface area contributed by atoms with Gasteiger partial charge in [-0.05, 0) is 30.9 Å². The Hall–Kier alpha value is -2.24. The zero-order valence-corrected chi connectivity index (χ0v) is 20.5. The molecule has 1 unspecified atom stereocenters. The number of hydrogen-bond acceptors (Lipinski definition) is 9. The van der Waals surface area contributed by atoms with Gasteiger partial charge in [-0.25, -0.2) is 0 Å². The molecule has 0 radical (unpaired) electrons. The number of aliphatic hydroxyl groups is 3. The van der Waals surface area contributed by atoms with Gasteiger partial charge in [0.15, 0.2) is 12.1 Å². The number of fused-ring (bicyclic) bond motifs is 1. The van der Waals surface area contributed by atoms with Gasteiger partial charge in [-0.2, -0.15) is 0 Å². The second-order valence-electron chi connectivity index (χ2n) is 10.1. The van der Waals surface area contributed by atoms with Crippen LogP contribution in [0, 0.1) is 16.7 Å². The first-order valence-corrected chi connectivity index (χ1v) is 12.1. The Bertz CT molecular complexity index is 961. The number of amides is 1. The Morgan fingerprint density at radius 1 is 1.34 bits per heavy atom. The van der Waals surface area contributed by atoms with E-state index in [1.807, 2.05) is 13.0 Å². The average Bonchev–Trinajstić information content (AvgIpc) is 3.28. The second kappa shape index (κ2) is 9.67. The van der Waals surface area contributed by atoms with Crippen molar-refractivity contribution in [3.8, 4) is 0 Å². The number of Topliss-reactive ketones (excluding diaryl/α,β-unsaturated/α-hetero) is 1. The van der Waals surface area contributed by atoms with Crippen molar-refractivity contribution in [2.45, 2.75) is 70.2 Å². The van der Waals surface area contributed by atoms with Gasteiger partial charge in [-0.3, -0.25) is 9.59 Å². The summed E-state index contributed by atoms with van der Waals surface area (Å²) in [6.07, 6.45) is 2.22. The molecule has 1 saturated carbocycles. The molecule has 10 nitrogen and oxygen atoms in total. The fourth-order valence-electron chi connectivity index (χ4n) is 6.59. The van der Waals surface area contributed by atoms with E-state index >= 15 is 0 Å². The lowest BCUT2D eigenvalue weighted by Crippen LogP contribution is -2.55. The van der Waals surface area contributed by atoms with Crippen molar-refractivity contribution in [3.63, 3.8) is 0 Å². The molecule has 2 aliphatic carbocycles. The van der Waals surface area contributed by atoms with E-state index in [2.05, 4.69) is 0 Å². The van der Waals surface area contributed by atoms with E-state index in [1.165, 1.54) is 19.1 Å². The summed E-state index contributed by atoms with van der Waals surface area (Å²) in [7, 11) is 3.00. The molecule has 2 aliphatic heterocycles. The number of nitrogens with two attached hydrogens (primary N) is 1. The van der Waals surface area contributed by atoms with Crippen LogP contribution in [0.1, 0.15) is 45.4 Å². The number of allylic oxidation sites excluding steroid dienone is 4. The molecule has 3 fully saturated rings. The number of nitrogens with zero attached hydrogens (tertiary/aromatic N) is 1. The van der Waals surface area contributed by atoms with Gasteiger partial charge in [0.25, 0.3) is 0 Å². The fourth-order valence-corrected chi connectivity index (χ4v) is 6.59. The van der Waals surface area contributed by atoms with Crippen LogP contribution < -0.4 is 5.73 Å².